The number of nitrogens with one attached hydrogen (secondary N) is 1. The number of fused-ring (bicyclic) bond motifs is 2. The predicted octanol–water partition coefficient (Wildman–Crippen LogP) is 7.74. The Morgan fingerprint density at radius 3 is 2.32 bits per heavy atom. The van der Waals surface area contributed by atoms with Crippen molar-refractivity contribution in [2.45, 2.75) is 42.4 Å². The molecule has 5 rings (SSSR count). The molecule has 0 aliphatic carbocycles. The second-order valence-electron chi connectivity index (χ2n) is 9.54. The van der Waals surface area contributed by atoms with Crippen molar-refractivity contribution in [2.75, 3.05) is 11.5 Å². The predicted molar refractivity (Wildman–Crippen MR) is 152 cm³/mol. The molecule has 1 aliphatic heterocycles. The van der Waals surface area contributed by atoms with Crippen LogP contribution in [-0.2, 0) is 19.3 Å². The lowest BCUT2D eigenvalue weighted by Crippen LogP contribution is -2.31. The molecule has 0 radical (unpaired) electrons. The molecule has 0 atom stereocenters. The molecule has 0 fully saturated rings. The Balaban J connectivity index is 1.40. The number of carbonyl (C=O) groups is 2. The van der Waals surface area contributed by atoms with Crippen molar-refractivity contribution in [1.82, 2.24) is 5.32 Å². The molecule has 0 saturated heterocycles. The van der Waals surface area contributed by atoms with Crippen LogP contribution in [0.2, 0.25) is 0 Å². The topological polar surface area (TPSA) is 58.6 Å². The lowest BCUT2D eigenvalue weighted by atomic mass is 10.1. The number of amides is 2. The minimum atomic E-state index is -4.45. The van der Waals surface area contributed by atoms with E-state index in [1.54, 1.807) is 30.3 Å². The van der Waals surface area contributed by atoms with Crippen LogP contribution >= 0.6 is 11.8 Å². The zero-order chi connectivity index (χ0) is 29.0. The summed E-state index contributed by atoms with van der Waals surface area (Å²) < 4.78 is 44.9. The van der Waals surface area contributed by atoms with E-state index in [2.05, 4.69) is 5.32 Å². The van der Waals surface area contributed by atoms with Crippen molar-refractivity contribution < 1.29 is 27.5 Å². The van der Waals surface area contributed by atoms with Crippen molar-refractivity contribution in [1.29, 1.82) is 0 Å². The van der Waals surface area contributed by atoms with Gasteiger partial charge in [-0.2, -0.15) is 13.2 Å². The monoisotopic (exact) mass is 576 g/mol. The molecule has 0 aromatic heterocycles. The number of alkyl halides is 3. The quantitative estimate of drug-likeness (QED) is 0.233. The van der Waals surface area contributed by atoms with Gasteiger partial charge in [0.2, 0.25) is 0 Å². The number of halogens is 3. The summed E-state index contributed by atoms with van der Waals surface area (Å²) in [5, 5.41) is 2.92. The largest absolute Gasteiger partial charge is 0.494 e. The van der Waals surface area contributed by atoms with Crippen molar-refractivity contribution in [3.05, 3.63) is 119 Å². The second-order valence-corrected chi connectivity index (χ2v) is 10.6. The van der Waals surface area contributed by atoms with Crippen molar-refractivity contribution >= 4 is 29.3 Å². The highest BCUT2D eigenvalue weighted by Gasteiger charge is 2.31. The molecule has 4 aromatic carbocycles. The zero-order valence-corrected chi connectivity index (χ0v) is 23.0. The fraction of sp³-hybridized carbons (Fsp3) is 0.188. The van der Waals surface area contributed by atoms with Gasteiger partial charge in [0.15, 0.2) is 0 Å². The van der Waals surface area contributed by atoms with E-state index in [0.717, 1.165) is 39.7 Å². The molecule has 41 heavy (non-hydrogen) atoms. The van der Waals surface area contributed by atoms with E-state index in [4.69, 9.17) is 4.74 Å². The van der Waals surface area contributed by atoms with Crippen LogP contribution in [0.3, 0.4) is 0 Å². The molecular weight excluding hydrogens is 549 g/mol. The van der Waals surface area contributed by atoms with E-state index in [9.17, 15) is 22.8 Å². The Labute approximate surface area is 240 Å². The number of rotatable bonds is 8. The van der Waals surface area contributed by atoms with Crippen molar-refractivity contribution in [3.63, 3.8) is 0 Å². The SMILES string of the molecule is CCCOc1ccc(CNC(=O)c2ccc3c(c2)N(Cc2ccc(C(F)(F)F)cc2)C(=O)c2ccccc2S3)cc1. The molecule has 2 amide bonds. The summed E-state index contributed by atoms with van der Waals surface area (Å²) in [7, 11) is 0. The van der Waals surface area contributed by atoms with Crippen LogP contribution in [0.4, 0.5) is 18.9 Å². The van der Waals surface area contributed by atoms with Gasteiger partial charge in [0.25, 0.3) is 11.8 Å². The standard InChI is InChI=1S/C32H27F3N2O3S/c1-2-17-40-25-14-9-21(10-15-25)19-36-30(38)23-11-16-29-27(18-23)37(31(39)26-5-3-4-6-28(26)41-29)20-22-7-12-24(13-8-22)32(33,34)35/h3-16,18H,2,17,19-20H2,1H3,(H,36,38). The fourth-order valence-corrected chi connectivity index (χ4v) is 5.47. The Morgan fingerprint density at radius 2 is 1.61 bits per heavy atom. The first-order valence-electron chi connectivity index (χ1n) is 13.1. The smallest absolute Gasteiger partial charge is 0.416 e. The number of ether oxygens (including phenoxy) is 1. The molecule has 9 heteroatoms. The molecule has 1 heterocycles. The van der Waals surface area contributed by atoms with Gasteiger partial charge in [-0.1, -0.05) is 55.1 Å². The lowest BCUT2D eigenvalue weighted by molar-refractivity contribution is -0.137. The molecule has 0 unspecified atom stereocenters. The third kappa shape index (κ3) is 6.57. The number of benzene rings is 4. The summed E-state index contributed by atoms with van der Waals surface area (Å²) in [5.41, 5.74) is 2.04. The number of anilines is 1. The van der Waals surface area contributed by atoms with Gasteiger partial charge in [0.1, 0.15) is 5.75 Å². The highest BCUT2D eigenvalue weighted by Crippen LogP contribution is 2.42. The first-order valence-corrected chi connectivity index (χ1v) is 13.9. The van der Waals surface area contributed by atoms with Crippen molar-refractivity contribution in [2.24, 2.45) is 0 Å². The number of nitrogens with zero attached hydrogens (tertiary/aromatic N) is 1. The average Bonchev–Trinajstić information content (AvgIpc) is 3.09. The van der Waals surface area contributed by atoms with E-state index in [1.807, 2.05) is 43.3 Å². The molecule has 5 nitrogen and oxygen atoms in total. The molecule has 0 bridgehead atoms. The van der Waals surface area contributed by atoms with Crippen LogP contribution in [0.25, 0.3) is 0 Å². The van der Waals surface area contributed by atoms with E-state index in [1.165, 1.54) is 28.8 Å². The van der Waals surface area contributed by atoms with Gasteiger partial charge >= 0.3 is 6.18 Å². The Hall–Kier alpha value is -4.24. The molecule has 0 spiro atoms. The summed E-state index contributed by atoms with van der Waals surface area (Å²) in [6.07, 6.45) is -3.54. The number of hydrogen-bond donors (Lipinski definition) is 1. The van der Waals surface area contributed by atoms with Crippen LogP contribution in [0.1, 0.15) is 50.8 Å². The summed E-state index contributed by atoms with van der Waals surface area (Å²) in [5.74, 6) is 0.159. The van der Waals surface area contributed by atoms with Gasteiger partial charge in [-0.25, -0.2) is 0 Å². The number of hydrogen-bond acceptors (Lipinski definition) is 4. The second kappa shape index (κ2) is 12.1. The maximum Gasteiger partial charge on any atom is 0.416 e. The summed E-state index contributed by atoms with van der Waals surface area (Å²) in [6.45, 7) is 3.01. The summed E-state index contributed by atoms with van der Waals surface area (Å²) in [6, 6.07) is 24.6. The molecule has 4 aromatic rings. The van der Waals surface area contributed by atoms with Gasteiger partial charge < -0.3 is 15.0 Å². The minimum Gasteiger partial charge on any atom is -0.494 e. The van der Waals surface area contributed by atoms with Crippen LogP contribution in [0, 0.1) is 0 Å². The van der Waals surface area contributed by atoms with Crippen LogP contribution in [-0.4, -0.2) is 18.4 Å². The molecule has 210 valence electrons. The maximum atomic E-state index is 13.7. The van der Waals surface area contributed by atoms with Gasteiger partial charge in [0, 0.05) is 21.9 Å². The summed E-state index contributed by atoms with van der Waals surface area (Å²) in [4.78, 5) is 29.9. The maximum absolute atomic E-state index is 13.7. The lowest BCUT2D eigenvalue weighted by Gasteiger charge is -2.24. The molecule has 0 saturated carbocycles. The molecule has 1 N–H and O–H groups in total. The van der Waals surface area contributed by atoms with Crippen LogP contribution in [0.15, 0.2) is 101 Å². The third-order valence-corrected chi connectivity index (χ3v) is 7.71. The van der Waals surface area contributed by atoms with E-state index in [-0.39, 0.29) is 18.4 Å². The van der Waals surface area contributed by atoms with Crippen molar-refractivity contribution in [3.8, 4) is 5.75 Å². The number of carbonyl (C=O) groups excluding carboxylic acids is 2. The summed E-state index contributed by atoms with van der Waals surface area (Å²) >= 11 is 1.41. The van der Waals surface area contributed by atoms with Gasteiger partial charge in [-0.05, 0) is 72.1 Å². The first kappa shape index (κ1) is 28.3. The normalized spacial score (nSPS) is 12.8. The average molecular weight is 577 g/mol. The van der Waals surface area contributed by atoms with E-state index < -0.39 is 11.7 Å². The third-order valence-electron chi connectivity index (χ3n) is 6.57. The van der Waals surface area contributed by atoms with Crippen LogP contribution in [0.5, 0.6) is 5.75 Å². The highest BCUT2D eigenvalue weighted by atomic mass is 32.2. The van der Waals surface area contributed by atoms with Gasteiger partial charge in [-0.15, -0.1) is 0 Å². The van der Waals surface area contributed by atoms with Gasteiger partial charge in [-0.3, -0.25) is 9.59 Å². The van der Waals surface area contributed by atoms with E-state index in [0.29, 0.717) is 35.5 Å². The Kier molecular flexibility index (Phi) is 8.35. The molecular formula is C32H27F3N2O3S. The van der Waals surface area contributed by atoms with Crippen LogP contribution < -0.4 is 15.0 Å². The highest BCUT2D eigenvalue weighted by molar-refractivity contribution is 7.99. The minimum absolute atomic E-state index is 0.0381. The molecule has 1 aliphatic rings. The fourth-order valence-electron chi connectivity index (χ4n) is 4.41. The zero-order valence-electron chi connectivity index (χ0n) is 22.2. The first-order chi connectivity index (χ1) is 19.7. The van der Waals surface area contributed by atoms with Gasteiger partial charge in [0.05, 0.1) is 30.0 Å². The Morgan fingerprint density at radius 1 is 0.902 bits per heavy atom. The Bertz CT molecular complexity index is 1550. The van der Waals surface area contributed by atoms with E-state index >= 15 is 0 Å².